The number of ether oxygens (including phenoxy) is 1. The molecule has 1 N–H and O–H groups in total. The predicted molar refractivity (Wildman–Crippen MR) is 130 cm³/mol. The normalized spacial score (nSPS) is 15.4. The van der Waals surface area contributed by atoms with E-state index in [1.807, 2.05) is 24.3 Å². The Morgan fingerprint density at radius 2 is 1.91 bits per heavy atom. The van der Waals surface area contributed by atoms with Gasteiger partial charge < -0.3 is 23.8 Å². The summed E-state index contributed by atoms with van der Waals surface area (Å²) in [5.41, 5.74) is 1.97. The molecule has 0 unspecified atom stereocenters. The molecule has 0 radical (unpaired) electrons. The highest BCUT2D eigenvalue weighted by molar-refractivity contribution is 6.30. The molecule has 0 bridgehead atoms. The molecule has 0 saturated carbocycles. The minimum absolute atomic E-state index is 0.384. The summed E-state index contributed by atoms with van der Waals surface area (Å²) in [6.45, 7) is 4.60. The van der Waals surface area contributed by atoms with E-state index in [4.69, 9.17) is 25.2 Å². The van der Waals surface area contributed by atoms with E-state index in [0.717, 1.165) is 61.2 Å². The molecular formula is C26H27ClN2O4. The number of nitrogens with one attached hydrogen (secondary N) is 1. The van der Waals surface area contributed by atoms with Crippen molar-refractivity contribution in [2.24, 2.45) is 0 Å². The Labute approximate surface area is 197 Å². The molecule has 0 amide bonds. The first kappa shape index (κ1) is 22.0. The highest BCUT2D eigenvalue weighted by Gasteiger charge is 2.19. The topological polar surface area (TPSA) is 67.8 Å². The molecule has 6 nitrogen and oxygen atoms in total. The summed E-state index contributed by atoms with van der Waals surface area (Å²) < 4.78 is 17.0. The Kier molecular flexibility index (Phi) is 6.67. The van der Waals surface area contributed by atoms with Gasteiger partial charge in [-0.1, -0.05) is 23.7 Å². The summed E-state index contributed by atoms with van der Waals surface area (Å²) in [6, 6.07) is 15.4. The van der Waals surface area contributed by atoms with Gasteiger partial charge in [0.1, 0.15) is 16.9 Å². The van der Waals surface area contributed by atoms with Gasteiger partial charge >= 0.3 is 5.63 Å². The number of piperidine rings is 1. The van der Waals surface area contributed by atoms with Gasteiger partial charge in [0, 0.05) is 36.3 Å². The summed E-state index contributed by atoms with van der Waals surface area (Å²) in [7, 11) is 0. The second-order valence-electron chi connectivity index (χ2n) is 8.53. The first-order valence-electron chi connectivity index (χ1n) is 11.4. The zero-order valence-electron chi connectivity index (χ0n) is 18.4. The van der Waals surface area contributed by atoms with Crippen LogP contribution in [-0.4, -0.2) is 37.2 Å². The van der Waals surface area contributed by atoms with E-state index in [1.54, 1.807) is 18.4 Å². The summed E-state index contributed by atoms with van der Waals surface area (Å²) in [5.74, 6) is 0.712. The van der Waals surface area contributed by atoms with Gasteiger partial charge in [-0.15, -0.1) is 0 Å². The van der Waals surface area contributed by atoms with E-state index in [2.05, 4.69) is 16.3 Å². The van der Waals surface area contributed by atoms with Crippen molar-refractivity contribution in [3.8, 4) is 5.75 Å². The molecule has 1 aliphatic heterocycles. The number of hydrogen-bond donors (Lipinski definition) is 1. The number of benzene rings is 2. The number of nitrogens with zero attached hydrogens (tertiary/aromatic N) is 1. The molecule has 1 fully saturated rings. The van der Waals surface area contributed by atoms with Crippen molar-refractivity contribution in [2.45, 2.75) is 31.8 Å². The number of fused-ring (bicyclic) bond motifs is 2. The molecule has 5 rings (SSSR count). The van der Waals surface area contributed by atoms with Crippen molar-refractivity contribution in [1.82, 2.24) is 10.2 Å². The van der Waals surface area contributed by atoms with E-state index in [0.29, 0.717) is 29.6 Å². The summed E-state index contributed by atoms with van der Waals surface area (Å²) in [6.07, 6.45) is 4.82. The van der Waals surface area contributed by atoms with Crippen molar-refractivity contribution in [2.75, 3.05) is 26.2 Å². The number of halogens is 1. The molecule has 2 aromatic carbocycles. The third-order valence-electron chi connectivity index (χ3n) is 6.25. The van der Waals surface area contributed by atoms with Gasteiger partial charge in [-0.25, -0.2) is 4.79 Å². The van der Waals surface area contributed by atoms with Crippen LogP contribution in [-0.2, 0) is 6.54 Å². The van der Waals surface area contributed by atoms with Gasteiger partial charge in [0.15, 0.2) is 0 Å². The minimum atomic E-state index is -0.384. The van der Waals surface area contributed by atoms with Crippen LogP contribution in [0, 0.1) is 0 Å². The minimum Gasteiger partial charge on any atom is -0.492 e. The van der Waals surface area contributed by atoms with Crippen LogP contribution in [0.15, 0.2) is 68.4 Å². The Morgan fingerprint density at radius 3 is 2.76 bits per heavy atom. The highest BCUT2D eigenvalue weighted by atomic mass is 35.5. The molecule has 0 spiro atoms. The van der Waals surface area contributed by atoms with E-state index < -0.39 is 0 Å². The van der Waals surface area contributed by atoms with Crippen molar-refractivity contribution < 1.29 is 13.6 Å². The molecule has 172 valence electrons. The average molecular weight is 467 g/mol. The van der Waals surface area contributed by atoms with Crippen LogP contribution in [0.4, 0.5) is 0 Å². The summed E-state index contributed by atoms with van der Waals surface area (Å²) in [5, 5.41) is 6.12. The van der Waals surface area contributed by atoms with Gasteiger partial charge in [-0.05, 0) is 62.2 Å². The quantitative estimate of drug-likeness (QED) is 0.284. The van der Waals surface area contributed by atoms with Crippen molar-refractivity contribution >= 4 is 33.5 Å². The fourth-order valence-electron chi connectivity index (χ4n) is 4.50. The Balaban J connectivity index is 1.10. The number of likely N-dealkylation sites (tertiary alicyclic amines) is 1. The molecule has 0 aliphatic carbocycles. The third-order valence-corrected chi connectivity index (χ3v) is 6.48. The zero-order chi connectivity index (χ0) is 22.6. The highest BCUT2D eigenvalue weighted by Crippen LogP contribution is 2.35. The zero-order valence-corrected chi connectivity index (χ0v) is 19.1. The molecule has 1 aliphatic rings. The lowest BCUT2D eigenvalue weighted by atomic mass is 10.0. The fourth-order valence-corrected chi connectivity index (χ4v) is 4.71. The van der Waals surface area contributed by atoms with Crippen molar-refractivity contribution in [1.29, 1.82) is 0 Å². The van der Waals surface area contributed by atoms with E-state index in [-0.39, 0.29) is 5.63 Å². The van der Waals surface area contributed by atoms with Gasteiger partial charge in [-0.2, -0.15) is 0 Å². The molecule has 7 heteroatoms. The average Bonchev–Trinajstić information content (AvgIpc) is 3.29. The first-order chi connectivity index (χ1) is 16.2. The summed E-state index contributed by atoms with van der Waals surface area (Å²) >= 11 is 6.08. The SMILES string of the molecule is O=c1ccc2c(OCCCN3CCC(NCc4cccc(Cl)c4)CC3)c3ccoc3cc2o1. The van der Waals surface area contributed by atoms with Crippen LogP contribution in [0.1, 0.15) is 24.8 Å². The Morgan fingerprint density at radius 1 is 1.06 bits per heavy atom. The van der Waals surface area contributed by atoms with E-state index in [9.17, 15) is 4.79 Å². The van der Waals surface area contributed by atoms with Crippen LogP contribution in [0.2, 0.25) is 5.02 Å². The van der Waals surface area contributed by atoms with Crippen molar-refractivity contribution in [3.63, 3.8) is 0 Å². The third kappa shape index (κ3) is 5.24. The maximum atomic E-state index is 11.6. The van der Waals surface area contributed by atoms with Gasteiger partial charge in [0.2, 0.25) is 0 Å². The molecular weight excluding hydrogens is 440 g/mol. The van der Waals surface area contributed by atoms with E-state index >= 15 is 0 Å². The molecule has 2 aromatic heterocycles. The molecule has 1 saturated heterocycles. The summed E-state index contributed by atoms with van der Waals surface area (Å²) in [4.78, 5) is 14.1. The number of rotatable bonds is 8. The first-order valence-corrected chi connectivity index (χ1v) is 11.8. The maximum absolute atomic E-state index is 11.6. The monoisotopic (exact) mass is 466 g/mol. The van der Waals surface area contributed by atoms with E-state index in [1.165, 1.54) is 11.6 Å². The fraction of sp³-hybridized carbons (Fsp3) is 0.346. The molecule has 33 heavy (non-hydrogen) atoms. The lowest BCUT2D eigenvalue weighted by molar-refractivity contribution is 0.182. The van der Waals surface area contributed by atoms with Crippen LogP contribution < -0.4 is 15.7 Å². The molecule has 4 aromatic rings. The standard InChI is InChI=1S/C26H27ClN2O4/c27-19-4-1-3-18(15-19)17-28-20-7-11-29(12-8-20)10-2-13-32-26-21-5-6-25(30)33-24(21)16-23-22(26)9-14-31-23/h1,3-6,9,14-16,20,28H,2,7-8,10-13,17H2. The van der Waals surface area contributed by atoms with Crippen molar-refractivity contribution in [3.05, 3.63) is 75.8 Å². The van der Waals surface area contributed by atoms with Gasteiger partial charge in [-0.3, -0.25) is 0 Å². The Hall–Kier alpha value is -2.80. The predicted octanol–water partition coefficient (Wildman–Crippen LogP) is 5.22. The Bertz CT molecular complexity index is 1290. The van der Waals surface area contributed by atoms with Crippen LogP contribution >= 0.6 is 11.6 Å². The number of furan rings is 1. The van der Waals surface area contributed by atoms with Crippen LogP contribution in [0.5, 0.6) is 5.75 Å². The van der Waals surface area contributed by atoms with Crippen LogP contribution in [0.25, 0.3) is 21.9 Å². The second kappa shape index (κ2) is 10.00. The van der Waals surface area contributed by atoms with Gasteiger partial charge in [0.25, 0.3) is 0 Å². The molecule has 0 atom stereocenters. The second-order valence-corrected chi connectivity index (χ2v) is 8.97. The largest absolute Gasteiger partial charge is 0.492 e. The smallest absolute Gasteiger partial charge is 0.336 e. The van der Waals surface area contributed by atoms with Gasteiger partial charge in [0.05, 0.1) is 23.6 Å². The number of hydrogen-bond acceptors (Lipinski definition) is 6. The molecule has 3 heterocycles. The van der Waals surface area contributed by atoms with Crippen LogP contribution in [0.3, 0.4) is 0 Å². The lowest BCUT2D eigenvalue weighted by Gasteiger charge is -2.32. The lowest BCUT2D eigenvalue weighted by Crippen LogP contribution is -2.42. The maximum Gasteiger partial charge on any atom is 0.336 e.